The first kappa shape index (κ1) is 14.2. The number of aryl methyl sites for hydroxylation is 1. The minimum absolute atomic E-state index is 0.391. The van der Waals surface area contributed by atoms with Gasteiger partial charge in [-0.2, -0.15) is 0 Å². The number of ether oxygens (including phenoxy) is 3. The lowest BCUT2D eigenvalue weighted by Gasteiger charge is -2.10. The topological polar surface area (TPSA) is 70.9 Å². The molecule has 2 aromatic rings. The number of rotatable bonds is 4. The first-order valence-corrected chi connectivity index (χ1v) is 6.85. The molecule has 2 N–H and O–H groups in total. The van der Waals surface area contributed by atoms with E-state index in [1.165, 1.54) is 14.2 Å². The number of H-pyrrole nitrogens is 1. The van der Waals surface area contributed by atoms with Gasteiger partial charge < -0.3 is 14.2 Å². The van der Waals surface area contributed by atoms with Crippen molar-refractivity contribution in [2.75, 3.05) is 19.5 Å². The summed E-state index contributed by atoms with van der Waals surface area (Å²) in [5.74, 6) is 1.22. The summed E-state index contributed by atoms with van der Waals surface area (Å²) in [6.07, 6.45) is -0.569. The van der Waals surface area contributed by atoms with Crippen molar-refractivity contribution >= 4 is 11.8 Å². The van der Waals surface area contributed by atoms with Crippen LogP contribution in [0.5, 0.6) is 11.5 Å². The van der Waals surface area contributed by atoms with E-state index in [1.54, 1.807) is 12.1 Å². The molecule has 1 aromatic carbocycles. The Labute approximate surface area is 128 Å². The van der Waals surface area contributed by atoms with Gasteiger partial charge in [-0.3, -0.25) is 0 Å². The number of fused-ring (bicyclic) bond motifs is 1. The number of aromatic amines is 1. The molecule has 0 saturated heterocycles. The van der Waals surface area contributed by atoms with E-state index >= 15 is 0 Å². The van der Waals surface area contributed by atoms with E-state index in [0.29, 0.717) is 17.1 Å². The summed E-state index contributed by atoms with van der Waals surface area (Å²) in [5.41, 5.74) is 2.12. The molecule has 114 valence electrons. The summed E-state index contributed by atoms with van der Waals surface area (Å²) < 4.78 is 15.9. The second kappa shape index (κ2) is 5.55. The van der Waals surface area contributed by atoms with E-state index in [1.807, 2.05) is 25.1 Å². The van der Waals surface area contributed by atoms with Crippen LogP contribution in [0.3, 0.4) is 0 Å². The van der Waals surface area contributed by atoms with E-state index in [9.17, 15) is 4.79 Å². The number of carbonyl (C=O) groups is 1. The summed E-state index contributed by atoms with van der Waals surface area (Å²) in [5, 5.41) is 3.16. The van der Waals surface area contributed by atoms with Crippen LogP contribution in [-0.4, -0.2) is 20.2 Å². The van der Waals surface area contributed by atoms with E-state index in [0.717, 1.165) is 17.1 Å². The number of hydrogen-bond acceptors (Lipinski definition) is 5. The normalized spacial score (nSPS) is 16.0. The number of pyridine rings is 1. The predicted molar refractivity (Wildman–Crippen MR) is 79.1 cm³/mol. The van der Waals surface area contributed by atoms with E-state index < -0.39 is 12.2 Å². The molecule has 0 fully saturated rings. The fraction of sp³-hybridized carbons (Fsp3) is 0.250. The molecule has 0 saturated carbocycles. The van der Waals surface area contributed by atoms with Crippen LogP contribution in [0, 0.1) is 6.92 Å². The first-order valence-electron chi connectivity index (χ1n) is 6.85. The highest BCUT2D eigenvalue weighted by Crippen LogP contribution is 2.41. The van der Waals surface area contributed by atoms with Crippen molar-refractivity contribution < 1.29 is 24.0 Å². The van der Waals surface area contributed by atoms with Gasteiger partial charge in [0.15, 0.2) is 11.5 Å². The Balaban J connectivity index is 1.98. The third kappa shape index (κ3) is 2.32. The Morgan fingerprint density at radius 3 is 2.68 bits per heavy atom. The number of nitrogens with one attached hydrogen (secondary N) is 2. The van der Waals surface area contributed by atoms with Crippen molar-refractivity contribution in [2.24, 2.45) is 0 Å². The third-order valence-electron chi connectivity index (χ3n) is 3.52. The van der Waals surface area contributed by atoms with Crippen molar-refractivity contribution in [1.82, 2.24) is 0 Å². The molecule has 0 aliphatic carbocycles. The minimum Gasteiger partial charge on any atom is -0.493 e. The van der Waals surface area contributed by atoms with Crippen molar-refractivity contribution in [3.8, 4) is 11.5 Å². The van der Waals surface area contributed by atoms with Crippen LogP contribution < -0.4 is 19.8 Å². The molecule has 2 heterocycles. The molecule has 0 radical (unpaired) electrons. The fourth-order valence-corrected chi connectivity index (χ4v) is 2.52. The van der Waals surface area contributed by atoms with Gasteiger partial charge in [0.2, 0.25) is 0 Å². The fourth-order valence-electron chi connectivity index (χ4n) is 2.52. The van der Waals surface area contributed by atoms with Gasteiger partial charge in [-0.1, -0.05) is 6.07 Å². The van der Waals surface area contributed by atoms with Crippen LogP contribution in [-0.2, 0) is 4.74 Å². The quantitative estimate of drug-likeness (QED) is 0.876. The zero-order valence-corrected chi connectivity index (χ0v) is 12.6. The van der Waals surface area contributed by atoms with Crippen LogP contribution in [0.25, 0.3) is 0 Å². The lowest BCUT2D eigenvalue weighted by molar-refractivity contribution is -0.371. The van der Waals surface area contributed by atoms with Gasteiger partial charge in [-0.25, -0.2) is 15.1 Å². The number of aromatic nitrogens is 1. The van der Waals surface area contributed by atoms with Crippen LogP contribution in [0.4, 0.5) is 5.82 Å². The minimum atomic E-state index is -0.569. The molecule has 0 spiro atoms. The molecular weight excluding hydrogens is 284 g/mol. The van der Waals surface area contributed by atoms with Crippen LogP contribution in [0.2, 0.25) is 0 Å². The maximum absolute atomic E-state index is 12.2. The van der Waals surface area contributed by atoms with Crippen LogP contribution in [0.1, 0.15) is 27.8 Å². The lowest BCUT2D eigenvalue weighted by Crippen LogP contribution is -2.19. The lowest BCUT2D eigenvalue weighted by atomic mass is 10.1. The Hall–Kier alpha value is -2.76. The van der Waals surface area contributed by atoms with E-state index in [2.05, 4.69) is 10.3 Å². The highest BCUT2D eigenvalue weighted by Gasteiger charge is 2.38. The molecular formula is C16H17N2O4+. The number of cyclic esters (lactones) is 1. The van der Waals surface area contributed by atoms with Gasteiger partial charge in [-0.05, 0) is 25.1 Å². The summed E-state index contributed by atoms with van der Waals surface area (Å²) in [6.45, 7) is 1.95. The monoisotopic (exact) mass is 301 g/mol. The number of benzene rings is 1. The average Bonchev–Trinajstić information content (AvgIpc) is 2.82. The molecule has 1 aromatic heterocycles. The SMILES string of the molecule is COc1ccc2c(c1OC)C(=O)OC2Nc1cccc(C)[nH+]1. The second-order valence-corrected chi connectivity index (χ2v) is 4.94. The highest BCUT2D eigenvalue weighted by atomic mass is 16.6. The molecule has 1 aliphatic rings. The number of methoxy groups -OCH3 is 2. The van der Waals surface area contributed by atoms with E-state index in [-0.39, 0.29) is 0 Å². The van der Waals surface area contributed by atoms with Crippen molar-refractivity contribution in [1.29, 1.82) is 0 Å². The van der Waals surface area contributed by atoms with Gasteiger partial charge in [-0.15, -0.1) is 0 Å². The summed E-state index contributed by atoms with van der Waals surface area (Å²) >= 11 is 0. The zero-order valence-electron chi connectivity index (χ0n) is 12.6. The summed E-state index contributed by atoms with van der Waals surface area (Å²) in [4.78, 5) is 15.3. The van der Waals surface area contributed by atoms with Crippen molar-refractivity contribution in [3.63, 3.8) is 0 Å². The van der Waals surface area contributed by atoms with Gasteiger partial charge in [0, 0.05) is 6.07 Å². The van der Waals surface area contributed by atoms with Crippen LogP contribution in [0.15, 0.2) is 30.3 Å². The molecule has 6 nitrogen and oxygen atoms in total. The summed E-state index contributed by atoms with van der Waals surface area (Å²) in [7, 11) is 3.03. The zero-order chi connectivity index (χ0) is 15.7. The third-order valence-corrected chi connectivity index (χ3v) is 3.52. The summed E-state index contributed by atoms with van der Waals surface area (Å²) in [6, 6.07) is 9.30. The average molecular weight is 301 g/mol. The number of esters is 1. The smallest absolute Gasteiger partial charge is 0.346 e. The molecule has 6 heteroatoms. The molecule has 1 unspecified atom stereocenters. The first-order chi connectivity index (χ1) is 10.6. The van der Waals surface area contributed by atoms with Gasteiger partial charge >= 0.3 is 5.97 Å². The molecule has 1 aliphatic heterocycles. The van der Waals surface area contributed by atoms with Crippen molar-refractivity contribution in [3.05, 3.63) is 47.2 Å². The van der Waals surface area contributed by atoms with E-state index in [4.69, 9.17) is 14.2 Å². The second-order valence-electron chi connectivity index (χ2n) is 4.94. The Bertz CT molecular complexity index is 730. The van der Waals surface area contributed by atoms with Gasteiger partial charge in [0.05, 0.1) is 25.5 Å². The number of hydrogen-bond donors (Lipinski definition) is 1. The molecule has 3 rings (SSSR count). The largest absolute Gasteiger partial charge is 0.493 e. The maximum Gasteiger partial charge on any atom is 0.346 e. The Morgan fingerprint density at radius 2 is 2.00 bits per heavy atom. The molecule has 1 atom stereocenters. The van der Waals surface area contributed by atoms with Gasteiger partial charge in [0.1, 0.15) is 5.56 Å². The standard InChI is InChI=1S/C16H16N2O4/c1-9-5-4-6-12(17-9)18-15-10-7-8-11(20-2)14(21-3)13(10)16(19)22-15/h4-8,15H,1-3H3,(H,17,18)/p+1. The Kier molecular flexibility index (Phi) is 3.58. The molecule has 0 amide bonds. The Morgan fingerprint density at radius 1 is 1.18 bits per heavy atom. The highest BCUT2D eigenvalue weighted by molar-refractivity contribution is 5.98. The maximum atomic E-state index is 12.2. The number of anilines is 1. The number of carbonyl (C=O) groups excluding carboxylic acids is 1. The van der Waals surface area contributed by atoms with Gasteiger partial charge in [0.25, 0.3) is 12.0 Å². The van der Waals surface area contributed by atoms with Crippen molar-refractivity contribution in [2.45, 2.75) is 13.2 Å². The van der Waals surface area contributed by atoms with Crippen LogP contribution >= 0.6 is 0 Å². The molecule has 0 bridgehead atoms. The molecule has 22 heavy (non-hydrogen) atoms. The predicted octanol–water partition coefficient (Wildman–Crippen LogP) is 2.11.